The van der Waals surface area contributed by atoms with Gasteiger partial charge in [-0.15, -0.1) is 0 Å². The van der Waals surface area contributed by atoms with Crippen LogP contribution in [0.25, 0.3) is 0 Å². The molecule has 20 heavy (non-hydrogen) atoms. The second-order valence-electron chi connectivity index (χ2n) is 7.34. The van der Waals surface area contributed by atoms with Gasteiger partial charge in [-0.25, -0.2) is 0 Å². The van der Waals surface area contributed by atoms with Gasteiger partial charge in [0.15, 0.2) is 0 Å². The SMILES string of the molecule is CC(C)NC(C)(CC(C)N1CCC(C(C)C)C1)C(N)=O. The van der Waals surface area contributed by atoms with Crippen molar-refractivity contribution in [2.75, 3.05) is 13.1 Å². The molecule has 1 amide bonds. The Bertz CT molecular complexity index is 330. The molecule has 0 aromatic heterocycles. The Labute approximate surface area is 124 Å². The summed E-state index contributed by atoms with van der Waals surface area (Å²) in [6, 6.07) is 0.629. The lowest BCUT2D eigenvalue weighted by atomic mass is 9.91. The van der Waals surface area contributed by atoms with E-state index in [2.05, 4.69) is 44.8 Å². The lowest BCUT2D eigenvalue weighted by Gasteiger charge is -2.35. The van der Waals surface area contributed by atoms with Crippen molar-refractivity contribution in [3.63, 3.8) is 0 Å². The van der Waals surface area contributed by atoms with Crippen LogP contribution >= 0.6 is 0 Å². The largest absolute Gasteiger partial charge is 0.368 e. The summed E-state index contributed by atoms with van der Waals surface area (Å²) < 4.78 is 0. The molecule has 0 aliphatic carbocycles. The molecule has 1 rings (SSSR count). The Morgan fingerprint density at radius 3 is 2.35 bits per heavy atom. The fourth-order valence-corrected chi connectivity index (χ4v) is 3.35. The van der Waals surface area contributed by atoms with Crippen LogP contribution in [0.2, 0.25) is 0 Å². The molecule has 4 nitrogen and oxygen atoms in total. The van der Waals surface area contributed by atoms with Crippen molar-refractivity contribution >= 4 is 5.91 Å². The molecule has 4 heteroatoms. The molecule has 1 aliphatic heterocycles. The number of primary amides is 1. The molecule has 0 saturated carbocycles. The molecule has 3 N–H and O–H groups in total. The molecule has 0 radical (unpaired) electrons. The van der Waals surface area contributed by atoms with Crippen molar-refractivity contribution in [2.24, 2.45) is 17.6 Å². The Hall–Kier alpha value is -0.610. The third kappa shape index (κ3) is 4.45. The fourth-order valence-electron chi connectivity index (χ4n) is 3.35. The number of hydrogen-bond donors (Lipinski definition) is 2. The van der Waals surface area contributed by atoms with Gasteiger partial charge in [0.25, 0.3) is 0 Å². The Morgan fingerprint density at radius 2 is 1.95 bits per heavy atom. The molecule has 0 spiro atoms. The lowest BCUT2D eigenvalue weighted by molar-refractivity contribution is -0.124. The first-order valence-electron chi connectivity index (χ1n) is 7.97. The van der Waals surface area contributed by atoms with Crippen LogP contribution in [0.15, 0.2) is 0 Å². The highest BCUT2D eigenvalue weighted by Crippen LogP contribution is 2.27. The van der Waals surface area contributed by atoms with E-state index in [1.165, 1.54) is 6.42 Å². The summed E-state index contributed by atoms with van der Waals surface area (Å²) in [6.07, 6.45) is 2.04. The van der Waals surface area contributed by atoms with Crippen LogP contribution in [0.1, 0.15) is 54.4 Å². The Balaban J connectivity index is 2.63. The average Bonchev–Trinajstić information content (AvgIpc) is 2.76. The maximum absolute atomic E-state index is 11.8. The number of rotatable bonds is 7. The quantitative estimate of drug-likeness (QED) is 0.751. The molecule has 1 heterocycles. The van der Waals surface area contributed by atoms with Crippen LogP contribution in [-0.4, -0.2) is 41.5 Å². The normalized spacial score (nSPS) is 25.1. The van der Waals surface area contributed by atoms with Gasteiger partial charge in [0.1, 0.15) is 0 Å². The van der Waals surface area contributed by atoms with E-state index in [-0.39, 0.29) is 11.9 Å². The van der Waals surface area contributed by atoms with Gasteiger partial charge in [0.2, 0.25) is 5.91 Å². The second kappa shape index (κ2) is 6.90. The van der Waals surface area contributed by atoms with Crippen LogP contribution in [0.5, 0.6) is 0 Å². The highest BCUT2D eigenvalue weighted by Gasteiger charge is 2.36. The van der Waals surface area contributed by atoms with E-state index >= 15 is 0 Å². The number of hydrogen-bond acceptors (Lipinski definition) is 3. The van der Waals surface area contributed by atoms with Crippen molar-refractivity contribution < 1.29 is 4.79 Å². The van der Waals surface area contributed by atoms with Crippen LogP contribution in [0, 0.1) is 11.8 Å². The van der Waals surface area contributed by atoms with Gasteiger partial charge in [-0.1, -0.05) is 13.8 Å². The van der Waals surface area contributed by atoms with Gasteiger partial charge in [0, 0.05) is 18.6 Å². The van der Waals surface area contributed by atoms with Crippen LogP contribution in [-0.2, 0) is 4.79 Å². The molecule has 118 valence electrons. The van der Waals surface area contributed by atoms with E-state index in [4.69, 9.17) is 5.73 Å². The Morgan fingerprint density at radius 1 is 1.35 bits per heavy atom. The van der Waals surface area contributed by atoms with Crippen LogP contribution < -0.4 is 11.1 Å². The van der Waals surface area contributed by atoms with Crippen molar-refractivity contribution in [2.45, 2.75) is 72.0 Å². The minimum absolute atomic E-state index is 0.252. The molecular weight excluding hydrogens is 250 g/mol. The average molecular weight is 283 g/mol. The Kier molecular flexibility index (Phi) is 6.02. The summed E-state index contributed by atoms with van der Waals surface area (Å²) in [5.41, 5.74) is 5.00. The number of amides is 1. The number of likely N-dealkylation sites (tertiary alicyclic amines) is 1. The van der Waals surface area contributed by atoms with E-state index in [1.807, 2.05) is 6.92 Å². The highest BCUT2D eigenvalue weighted by molar-refractivity contribution is 5.84. The second-order valence-corrected chi connectivity index (χ2v) is 7.34. The number of carbonyl (C=O) groups is 1. The summed E-state index contributed by atoms with van der Waals surface area (Å²) in [5, 5.41) is 3.34. The zero-order valence-corrected chi connectivity index (χ0v) is 14.1. The maximum atomic E-state index is 11.8. The molecule has 1 saturated heterocycles. The minimum Gasteiger partial charge on any atom is -0.368 e. The lowest BCUT2D eigenvalue weighted by Crippen LogP contribution is -2.58. The maximum Gasteiger partial charge on any atom is 0.237 e. The first kappa shape index (κ1) is 17.4. The van der Waals surface area contributed by atoms with Gasteiger partial charge in [-0.3, -0.25) is 4.79 Å². The monoisotopic (exact) mass is 283 g/mol. The molecule has 3 unspecified atom stereocenters. The fraction of sp³-hybridized carbons (Fsp3) is 0.938. The molecule has 0 aromatic rings. The smallest absolute Gasteiger partial charge is 0.237 e. The third-order valence-electron chi connectivity index (χ3n) is 4.68. The summed E-state index contributed by atoms with van der Waals surface area (Å²) in [6.45, 7) is 15.1. The van der Waals surface area contributed by atoms with Gasteiger partial charge in [-0.05, 0) is 58.9 Å². The van der Waals surface area contributed by atoms with Gasteiger partial charge in [-0.2, -0.15) is 0 Å². The van der Waals surface area contributed by atoms with E-state index < -0.39 is 5.54 Å². The first-order valence-corrected chi connectivity index (χ1v) is 7.97. The number of nitrogens with zero attached hydrogens (tertiary/aromatic N) is 1. The predicted octanol–water partition coefficient (Wildman–Crippen LogP) is 1.98. The molecular formula is C16H33N3O. The van der Waals surface area contributed by atoms with E-state index in [0.717, 1.165) is 31.3 Å². The topological polar surface area (TPSA) is 58.4 Å². The highest BCUT2D eigenvalue weighted by atomic mass is 16.1. The number of nitrogens with one attached hydrogen (secondary N) is 1. The van der Waals surface area contributed by atoms with E-state index in [0.29, 0.717) is 6.04 Å². The van der Waals surface area contributed by atoms with Crippen LogP contribution in [0.3, 0.4) is 0 Å². The molecule has 3 atom stereocenters. The van der Waals surface area contributed by atoms with E-state index in [1.54, 1.807) is 0 Å². The molecule has 1 fully saturated rings. The molecule has 1 aliphatic rings. The van der Waals surface area contributed by atoms with Crippen molar-refractivity contribution in [3.8, 4) is 0 Å². The zero-order valence-electron chi connectivity index (χ0n) is 14.1. The third-order valence-corrected chi connectivity index (χ3v) is 4.68. The van der Waals surface area contributed by atoms with Gasteiger partial charge in [0.05, 0.1) is 5.54 Å². The van der Waals surface area contributed by atoms with Crippen LogP contribution in [0.4, 0.5) is 0 Å². The van der Waals surface area contributed by atoms with Crippen molar-refractivity contribution in [1.82, 2.24) is 10.2 Å². The summed E-state index contributed by atoms with van der Waals surface area (Å²) in [5.74, 6) is 1.27. The van der Waals surface area contributed by atoms with Gasteiger partial charge < -0.3 is 16.0 Å². The number of nitrogens with two attached hydrogens (primary N) is 1. The van der Waals surface area contributed by atoms with E-state index in [9.17, 15) is 4.79 Å². The van der Waals surface area contributed by atoms with Crippen molar-refractivity contribution in [3.05, 3.63) is 0 Å². The van der Waals surface area contributed by atoms with Crippen molar-refractivity contribution in [1.29, 1.82) is 0 Å². The standard InChI is InChI=1S/C16H33N3O/c1-11(2)14-7-8-19(10-14)13(5)9-16(6,15(17)20)18-12(3)4/h11-14,18H,7-10H2,1-6H3,(H2,17,20). The zero-order chi connectivity index (χ0) is 15.5. The summed E-state index contributed by atoms with van der Waals surface area (Å²) in [4.78, 5) is 14.3. The predicted molar refractivity (Wildman–Crippen MR) is 84.5 cm³/mol. The minimum atomic E-state index is -0.622. The first-order chi connectivity index (χ1) is 9.15. The summed E-state index contributed by atoms with van der Waals surface area (Å²) >= 11 is 0. The molecule has 0 aromatic carbocycles. The summed E-state index contributed by atoms with van der Waals surface area (Å²) in [7, 11) is 0. The molecule has 0 bridgehead atoms. The van der Waals surface area contributed by atoms with Gasteiger partial charge >= 0.3 is 0 Å². The number of carbonyl (C=O) groups excluding carboxylic acids is 1.